The number of fused-ring (bicyclic) bond motifs is 1. The fraction of sp³-hybridized carbons (Fsp3) is 0.500. The number of H-pyrrole nitrogens is 1. The molecular weight excluding hydrogens is 400 g/mol. The maximum atomic E-state index is 13.2. The molecule has 3 atom stereocenters. The summed E-state index contributed by atoms with van der Waals surface area (Å²) in [6.07, 6.45) is 4.76. The lowest BCUT2D eigenvalue weighted by Gasteiger charge is -2.29. The number of hydrogen-bond donors (Lipinski definition) is 5. The van der Waals surface area contributed by atoms with Gasteiger partial charge in [0.15, 0.2) is 0 Å². The van der Waals surface area contributed by atoms with Crippen LogP contribution in [0.4, 0.5) is 0 Å². The number of nitrogens with two attached hydrogens (primary N) is 1. The maximum Gasteiger partial charge on any atom is 0.326 e. The third kappa shape index (κ3) is 5.42. The summed E-state index contributed by atoms with van der Waals surface area (Å²) in [6, 6.07) is 5.00. The number of para-hydroxylation sites is 1. The molecule has 3 rings (SSSR count). The van der Waals surface area contributed by atoms with Crippen LogP contribution in [0.1, 0.15) is 37.7 Å². The number of amides is 1. The number of carboxylic acid groups (broad SMARTS) is 2. The molecule has 0 spiro atoms. The SMILES string of the molecule is NCCCC[C@H](NC(Cc1c[nH]c2ccccc12)C(=O)O)C(=O)N1CCC[C@H]1C(=O)O. The molecule has 1 amide bonds. The highest BCUT2D eigenvalue weighted by Gasteiger charge is 2.38. The molecule has 1 aliphatic rings. The second-order valence-electron chi connectivity index (χ2n) is 7.99. The van der Waals surface area contributed by atoms with Gasteiger partial charge < -0.3 is 25.8 Å². The zero-order valence-corrected chi connectivity index (χ0v) is 17.4. The molecule has 1 aromatic carbocycles. The van der Waals surface area contributed by atoms with Crippen molar-refractivity contribution in [3.05, 3.63) is 36.0 Å². The minimum atomic E-state index is -1.06. The molecule has 1 saturated heterocycles. The average molecular weight is 431 g/mol. The number of carboxylic acids is 2. The molecule has 0 radical (unpaired) electrons. The topological polar surface area (TPSA) is 149 Å². The van der Waals surface area contributed by atoms with Gasteiger partial charge in [-0.15, -0.1) is 0 Å². The van der Waals surface area contributed by atoms with E-state index in [1.165, 1.54) is 4.90 Å². The van der Waals surface area contributed by atoms with Gasteiger partial charge in [0, 0.05) is 30.1 Å². The summed E-state index contributed by atoms with van der Waals surface area (Å²) in [5.41, 5.74) is 7.33. The molecule has 1 fully saturated rings. The second kappa shape index (κ2) is 10.4. The van der Waals surface area contributed by atoms with Crippen molar-refractivity contribution in [1.82, 2.24) is 15.2 Å². The molecule has 0 bridgehead atoms. The summed E-state index contributed by atoms with van der Waals surface area (Å²) < 4.78 is 0. The van der Waals surface area contributed by atoms with E-state index < -0.39 is 30.1 Å². The summed E-state index contributed by atoms with van der Waals surface area (Å²) >= 11 is 0. The van der Waals surface area contributed by atoms with E-state index in [1.807, 2.05) is 24.3 Å². The number of aliphatic carboxylic acids is 2. The average Bonchev–Trinajstić information content (AvgIpc) is 3.39. The lowest BCUT2D eigenvalue weighted by molar-refractivity contribution is -0.149. The molecule has 0 saturated carbocycles. The molecule has 9 heteroatoms. The standard InChI is InChI=1S/C22H30N4O5/c23-10-4-3-8-17(20(27)26-11-5-9-19(26)22(30)31)25-18(21(28)29)12-14-13-24-16-7-2-1-6-15(14)16/h1-2,6-7,13,17-19,24-25H,3-5,8-12,23H2,(H,28,29)(H,30,31)/t17-,18?,19-/m0/s1. The molecule has 1 unspecified atom stereocenters. The van der Waals surface area contributed by atoms with Gasteiger partial charge in [-0.25, -0.2) is 4.79 Å². The van der Waals surface area contributed by atoms with E-state index in [0.717, 1.165) is 16.5 Å². The number of nitrogens with one attached hydrogen (secondary N) is 2. The molecule has 31 heavy (non-hydrogen) atoms. The van der Waals surface area contributed by atoms with Crippen molar-refractivity contribution in [1.29, 1.82) is 0 Å². The number of unbranched alkanes of at least 4 members (excludes halogenated alkanes) is 1. The molecule has 2 heterocycles. The summed E-state index contributed by atoms with van der Waals surface area (Å²) in [6.45, 7) is 0.838. The van der Waals surface area contributed by atoms with Crippen molar-refractivity contribution >= 4 is 28.7 Å². The predicted octanol–water partition coefficient (Wildman–Crippen LogP) is 1.33. The number of rotatable bonds is 11. The van der Waals surface area contributed by atoms with Gasteiger partial charge in [-0.2, -0.15) is 0 Å². The molecule has 0 aliphatic carbocycles. The first-order valence-electron chi connectivity index (χ1n) is 10.7. The highest BCUT2D eigenvalue weighted by atomic mass is 16.4. The highest BCUT2D eigenvalue weighted by molar-refractivity contribution is 5.88. The number of aromatic nitrogens is 1. The van der Waals surface area contributed by atoms with Crippen molar-refractivity contribution in [2.24, 2.45) is 5.73 Å². The second-order valence-corrected chi connectivity index (χ2v) is 7.99. The van der Waals surface area contributed by atoms with Gasteiger partial charge in [-0.1, -0.05) is 24.6 Å². The van der Waals surface area contributed by atoms with Crippen molar-refractivity contribution in [2.45, 2.75) is 56.7 Å². The fourth-order valence-electron chi connectivity index (χ4n) is 4.24. The number of hydrogen-bond acceptors (Lipinski definition) is 5. The smallest absolute Gasteiger partial charge is 0.326 e. The first kappa shape index (κ1) is 22.8. The molecule has 1 aromatic heterocycles. The minimum absolute atomic E-state index is 0.197. The Labute approximate surface area is 180 Å². The van der Waals surface area contributed by atoms with E-state index in [4.69, 9.17) is 5.73 Å². The number of carbonyl (C=O) groups is 3. The monoisotopic (exact) mass is 430 g/mol. The van der Waals surface area contributed by atoms with Crippen LogP contribution >= 0.6 is 0 Å². The first-order valence-corrected chi connectivity index (χ1v) is 10.7. The van der Waals surface area contributed by atoms with E-state index in [0.29, 0.717) is 45.2 Å². The van der Waals surface area contributed by atoms with Gasteiger partial charge in [0.2, 0.25) is 5.91 Å². The van der Waals surface area contributed by atoms with Crippen LogP contribution in [0.3, 0.4) is 0 Å². The van der Waals surface area contributed by atoms with Crippen molar-refractivity contribution in [3.63, 3.8) is 0 Å². The van der Waals surface area contributed by atoms with Gasteiger partial charge >= 0.3 is 11.9 Å². The van der Waals surface area contributed by atoms with Crippen LogP contribution in [0.25, 0.3) is 10.9 Å². The van der Waals surface area contributed by atoms with Gasteiger partial charge in [-0.05, 0) is 43.9 Å². The summed E-state index contributed by atoms with van der Waals surface area (Å²) in [5, 5.41) is 23.2. The Morgan fingerprint density at radius 3 is 2.68 bits per heavy atom. The van der Waals surface area contributed by atoms with Crippen molar-refractivity contribution < 1.29 is 24.6 Å². The number of aromatic amines is 1. The molecule has 2 aromatic rings. The van der Waals surface area contributed by atoms with Crippen LogP contribution in [0.2, 0.25) is 0 Å². The van der Waals surface area contributed by atoms with Crippen molar-refractivity contribution in [2.75, 3.05) is 13.1 Å². The van der Waals surface area contributed by atoms with E-state index in [1.54, 1.807) is 6.20 Å². The highest BCUT2D eigenvalue weighted by Crippen LogP contribution is 2.22. The van der Waals surface area contributed by atoms with Crippen LogP contribution < -0.4 is 11.1 Å². The Bertz CT molecular complexity index is 928. The summed E-state index contributed by atoms with van der Waals surface area (Å²) in [5.74, 6) is -2.44. The lowest BCUT2D eigenvalue weighted by atomic mass is 10.0. The molecular formula is C22H30N4O5. The third-order valence-corrected chi connectivity index (χ3v) is 5.87. The fourth-order valence-corrected chi connectivity index (χ4v) is 4.24. The maximum absolute atomic E-state index is 13.2. The van der Waals surface area contributed by atoms with Gasteiger partial charge in [-0.3, -0.25) is 14.9 Å². The van der Waals surface area contributed by atoms with Crippen LogP contribution in [0, 0.1) is 0 Å². The molecule has 6 N–H and O–H groups in total. The van der Waals surface area contributed by atoms with Gasteiger partial charge in [0.25, 0.3) is 0 Å². The Morgan fingerprint density at radius 2 is 1.97 bits per heavy atom. The zero-order valence-electron chi connectivity index (χ0n) is 17.4. The number of likely N-dealkylation sites (tertiary alicyclic amines) is 1. The largest absolute Gasteiger partial charge is 0.480 e. The van der Waals surface area contributed by atoms with Gasteiger partial charge in [0.1, 0.15) is 12.1 Å². The van der Waals surface area contributed by atoms with E-state index >= 15 is 0 Å². The Morgan fingerprint density at radius 1 is 1.19 bits per heavy atom. The van der Waals surface area contributed by atoms with Crippen LogP contribution in [0.5, 0.6) is 0 Å². The quantitative estimate of drug-likeness (QED) is 0.338. The molecule has 9 nitrogen and oxygen atoms in total. The summed E-state index contributed by atoms with van der Waals surface area (Å²) in [4.78, 5) is 41.3. The normalized spacial score (nSPS) is 18.2. The number of nitrogens with zero attached hydrogens (tertiary/aromatic N) is 1. The molecule has 1 aliphatic heterocycles. The van der Waals surface area contributed by atoms with Crippen molar-refractivity contribution in [3.8, 4) is 0 Å². The Kier molecular flexibility index (Phi) is 7.64. The summed E-state index contributed by atoms with van der Waals surface area (Å²) in [7, 11) is 0. The van der Waals surface area contributed by atoms with Gasteiger partial charge in [0.05, 0.1) is 6.04 Å². The minimum Gasteiger partial charge on any atom is -0.480 e. The third-order valence-electron chi connectivity index (χ3n) is 5.87. The Hall–Kier alpha value is -2.91. The van der Waals surface area contributed by atoms with Crippen LogP contribution in [0.15, 0.2) is 30.5 Å². The van der Waals surface area contributed by atoms with E-state index in [2.05, 4.69) is 10.3 Å². The number of benzene rings is 1. The van der Waals surface area contributed by atoms with Crippen LogP contribution in [-0.4, -0.2) is 69.2 Å². The number of carbonyl (C=O) groups excluding carboxylic acids is 1. The molecule has 168 valence electrons. The van der Waals surface area contributed by atoms with E-state index in [9.17, 15) is 24.6 Å². The van der Waals surface area contributed by atoms with Crippen LogP contribution in [-0.2, 0) is 20.8 Å². The predicted molar refractivity (Wildman–Crippen MR) is 116 cm³/mol. The van der Waals surface area contributed by atoms with E-state index in [-0.39, 0.29) is 12.3 Å². The zero-order chi connectivity index (χ0) is 22.4. The Balaban J connectivity index is 1.79. The lowest BCUT2D eigenvalue weighted by Crippen LogP contribution is -2.54. The first-order chi connectivity index (χ1) is 14.9.